The lowest BCUT2D eigenvalue weighted by molar-refractivity contribution is -0.932. The Morgan fingerprint density at radius 3 is 2.08 bits per heavy atom. The fourth-order valence-corrected chi connectivity index (χ4v) is 1.22. The van der Waals surface area contributed by atoms with Crippen molar-refractivity contribution in [1.29, 1.82) is 0 Å². The first-order valence-electron chi connectivity index (χ1n) is 3.82. The molecule has 0 atom stereocenters. The molecule has 0 aromatic carbocycles. The van der Waals surface area contributed by atoms with Gasteiger partial charge in [-0.25, -0.2) is 0 Å². The summed E-state index contributed by atoms with van der Waals surface area (Å²) in [5, 5.41) is 1.23. The minimum absolute atomic E-state index is 0.109. The predicted molar refractivity (Wildman–Crippen MR) is 43.4 cm³/mol. The molecule has 0 aromatic heterocycles. The van der Waals surface area contributed by atoms with Gasteiger partial charge in [0.1, 0.15) is 6.20 Å². The third-order valence-electron chi connectivity index (χ3n) is 1.99. The third kappa shape index (κ3) is 1.25. The van der Waals surface area contributed by atoms with Crippen LogP contribution in [0.1, 0.15) is 12.8 Å². The highest BCUT2D eigenvalue weighted by Crippen LogP contribution is 2.18. The van der Waals surface area contributed by atoms with Gasteiger partial charge in [-0.15, -0.1) is 5.01 Å². The summed E-state index contributed by atoms with van der Waals surface area (Å²) in [7, 11) is 3.49. The lowest BCUT2D eigenvalue weighted by Crippen LogP contribution is -2.53. The fourth-order valence-electron chi connectivity index (χ4n) is 1.22. The van der Waals surface area contributed by atoms with E-state index in [1.54, 1.807) is 20.3 Å². The number of hydrogen-bond acceptors (Lipinski definition) is 2. The Kier molecular flexibility index (Phi) is 2.02. The summed E-state index contributed by atoms with van der Waals surface area (Å²) in [6.07, 6.45) is 2.21. The molecule has 0 aromatic rings. The van der Waals surface area contributed by atoms with E-state index in [9.17, 15) is 9.59 Å². The molecule has 0 N–H and O–H groups in total. The van der Waals surface area contributed by atoms with Gasteiger partial charge in [0, 0.05) is 12.8 Å². The molecule has 2 amide bonds. The summed E-state index contributed by atoms with van der Waals surface area (Å²) in [4.78, 5) is 22.5. The van der Waals surface area contributed by atoms with E-state index in [4.69, 9.17) is 0 Å². The lowest BCUT2D eigenvalue weighted by atomic mass is 10.4. The van der Waals surface area contributed by atoms with Crippen molar-refractivity contribution in [2.75, 3.05) is 14.1 Å². The summed E-state index contributed by atoms with van der Waals surface area (Å²) >= 11 is 0. The first-order chi connectivity index (χ1) is 5.49. The van der Waals surface area contributed by atoms with Crippen molar-refractivity contribution in [3.05, 3.63) is 12.8 Å². The van der Waals surface area contributed by atoms with Crippen molar-refractivity contribution >= 4 is 11.8 Å². The summed E-state index contributed by atoms with van der Waals surface area (Å²) in [5.74, 6) is -0.241. The molecule has 0 aliphatic carbocycles. The van der Waals surface area contributed by atoms with Crippen LogP contribution in [0.5, 0.6) is 0 Å². The second kappa shape index (κ2) is 2.71. The highest BCUT2D eigenvalue weighted by atomic mass is 16.2. The average molecular weight is 169 g/mol. The quantitative estimate of drug-likeness (QED) is 0.439. The average Bonchev–Trinajstić information content (AvgIpc) is 2.31. The Balaban J connectivity index is 2.93. The van der Waals surface area contributed by atoms with Crippen molar-refractivity contribution in [2.45, 2.75) is 12.8 Å². The minimum Gasteiger partial charge on any atom is -0.269 e. The number of rotatable bonds is 2. The van der Waals surface area contributed by atoms with Crippen LogP contribution in [0, 0.1) is 0 Å². The minimum atomic E-state index is -0.120. The molecule has 0 spiro atoms. The first-order valence-corrected chi connectivity index (χ1v) is 3.82. The second-order valence-electron chi connectivity index (χ2n) is 3.26. The van der Waals surface area contributed by atoms with E-state index in [2.05, 4.69) is 6.58 Å². The molecule has 0 bridgehead atoms. The first kappa shape index (κ1) is 8.93. The van der Waals surface area contributed by atoms with E-state index in [0.29, 0.717) is 12.8 Å². The Hall–Kier alpha value is -1.16. The van der Waals surface area contributed by atoms with Gasteiger partial charge in [0.15, 0.2) is 0 Å². The van der Waals surface area contributed by atoms with Crippen LogP contribution in [-0.2, 0) is 9.59 Å². The molecule has 12 heavy (non-hydrogen) atoms. The van der Waals surface area contributed by atoms with Crippen LogP contribution in [-0.4, -0.2) is 35.5 Å². The molecule has 66 valence electrons. The lowest BCUT2D eigenvalue weighted by Gasteiger charge is -2.30. The maximum Gasteiger partial charge on any atom is 0.277 e. The van der Waals surface area contributed by atoms with Crippen LogP contribution < -0.4 is 0 Å². The molecule has 1 aliphatic heterocycles. The van der Waals surface area contributed by atoms with E-state index < -0.39 is 0 Å². The smallest absolute Gasteiger partial charge is 0.269 e. The van der Waals surface area contributed by atoms with Crippen LogP contribution in [0.3, 0.4) is 0 Å². The molecule has 0 saturated carbocycles. The van der Waals surface area contributed by atoms with Crippen molar-refractivity contribution < 1.29 is 14.2 Å². The number of quaternary nitrogens is 1. The normalized spacial score (nSPS) is 18.7. The number of imide groups is 1. The molecule has 1 fully saturated rings. The topological polar surface area (TPSA) is 37.4 Å². The molecular formula is C8H13N2O2+. The van der Waals surface area contributed by atoms with E-state index in [1.165, 1.54) is 5.01 Å². The summed E-state index contributed by atoms with van der Waals surface area (Å²) in [5.41, 5.74) is 0. The molecule has 1 saturated heterocycles. The Morgan fingerprint density at radius 2 is 1.75 bits per heavy atom. The highest BCUT2D eigenvalue weighted by Gasteiger charge is 2.40. The Bertz CT molecular complexity index is 229. The van der Waals surface area contributed by atoms with Crippen LogP contribution in [0.15, 0.2) is 12.8 Å². The molecule has 1 rings (SSSR count). The van der Waals surface area contributed by atoms with Gasteiger partial charge in [-0.1, -0.05) is 0 Å². The number of carbonyl (C=O) groups excluding carboxylic acids is 2. The summed E-state index contributed by atoms with van der Waals surface area (Å²) in [6, 6.07) is 0. The number of amides is 2. The molecule has 1 aliphatic rings. The predicted octanol–water partition coefficient (Wildman–Crippen LogP) is 0.270. The molecule has 4 nitrogen and oxygen atoms in total. The zero-order valence-electron chi connectivity index (χ0n) is 7.41. The Labute approximate surface area is 71.6 Å². The van der Waals surface area contributed by atoms with Crippen molar-refractivity contribution in [3.63, 3.8) is 0 Å². The van der Waals surface area contributed by atoms with Gasteiger partial charge in [-0.2, -0.15) is 4.59 Å². The summed E-state index contributed by atoms with van der Waals surface area (Å²) < 4.78 is 0.109. The fraction of sp³-hybridized carbons (Fsp3) is 0.500. The SMILES string of the molecule is C=C[N+](C)(C)N1C(=O)CCC1=O. The van der Waals surface area contributed by atoms with E-state index >= 15 is 0 Å². The number of hydrogen-bond donors (Lipinski definition) is 0. The molecule has 4 heteroatoms. The van der Waals surface area contributed by atoms with Gasteiger partial charge in [-0.05, 0) is 6.58 Å². The van der Waals surface area contributed by atoms with E-state index in [0.717, 1.165) is 0 Å². The van der Waals surface area contributed by atoms with Gasteiger partial charge in [0.25, 0.3) is 11.8 Å². The Morgan fingerprint density at radius 1 is 1.33 bits per heavy atom. The third-order valence-corrected chi connectivity index (χ3v) is 1.99. The molecule has 0 unspecified atom stereocenters. The highest BCUT2D eigenvalue weighted by molar-refractivity contribution is 6.00. The monoisotopic (exact) mass is 169 g/mol. The number of nitrogens with zero attached hydrogens (tertiary/aromatic N) is 2. The van der Waals surface area contributed by atoms with Crippen LogP contribution in [0.25, 0.3) is 0 Å². The largest absolute Gasteiger partial charge is 0.277 e. The zero-order valence-corrected chi connectivity index (χ0v) is 7.41. The van der Waals surface area contributed by atoms with Crippen molar-refractivity contribution in [2.24, 2.45) is 0 Å². The molecule has 0 radical (unpaired) electrons. The second-order valence-corrected chi connectivity index (χ2v) is 3.26. The van der Waals surface area contributed by atoms with E-state index in [1.807, 2.05) is 0 Å². The summed E-state index contributed by atoms with van der Waals surface area (Å²) in [6.45, 7) is 3.57. The van der Waals surface area contributed by atoms with Crippen LogP contribution >= 0.6 is 0 Å². The number of carbonyl (C=O) groups is 2. The molecule has 1 heterocycles. The van der Waals surface area contributed by atoms with Crippen molar-refractivity contribution in [3.8, 4) is 0 Å². The van der Waals surface area contributed by atoms with Crippen LogP contribution in [0.2, 0.25) is 0 Å². The van der Waals surface area contributed by atoms with E-state index in [-0.39, 0.29) is 16.4 Å². The van der Waals surface area contributed by atoms with Gasteiger partial charge in [0.05, 0.1) is 14.1 Å². The van der Waals surface area contributed by atoms with Gasteiger partial charge >= 0.3 is 0 Å². The zero-order chi connectivity index (χ0) is 9.35. The van der Waals surface area contributed by atoms with Gasteiger partial charge < -0.3 is 0 Å². The van der Waals surface area contributed by atoms with Gasteiger partial charge in [0.2, 0.25) is 0 Å². The van der Waals surface area contributed by atoms with Crippen LogP contribution in [0.4, 0.5) is 0 Å². The van der Waals surface area contributed by atoms with Crippen molar-refractivity contribution in [1.82, 2.24) is 5.01 Å². The van der Waals surface area contributed by atoms with Gasteiger partial charge in [-0.3, -0.25) is 9.59 Å². The maximum atomic E-state index is 11.2. The maximum absolute atomic E-state index is 11.2. The standard InChI is InChI=1S/C8H13N2O2/c1-4-10(2,3)9-7(11)5-6-8(9)12/h4H,1,5-6H2,2-3H3/q+1. The molecular weight excluding hydrogens is 156 g/mol.